The first-order valence-electron chi connectivity index (χ1n) is 8.82. The molecule has 6 heteroatoms. The van der Waals surface area contributed by atoms with Crippen molar-refractivity contribution in [3.8, 4) is 0 Å². The summed E-state index contributed by atoms with van der Waals surface area (Å²) >= 11 is 0. The highest BCUT2D eigenvalue weighted by molar-refractivity contribution is 6.10. The largest absolute Gasteiger partial charge is 0.398 e. The van der Waals surface area contributed by atoms with Crippen molar-refractivity contribution in [3.63, 3.8) is 0 Å². The first kappa shape index (κ1) is 19.6. The van der Waals surface area contributed by atoms with Gasteiger partial charge in [0, 0.05) is 28.2 Å². The Labute approximate surface area is 168 Å². The lowest BCUT2D eigenvalue weighted by molar-refractivity contribution is -0.111. The molecule has 0 radical (unpaired) electrons. The number of carbonyl (C=O) groups is 3. The normalized spacial score (nSPS) is 10.1. The summed E-state index contributed by atoms with van der Waals surface area (Å²) in [5.41, 5.74) is 8.55. The second-order valence-electron chi connectivity index (χ2n) is 6.22. The molecule has 0 spiro atoms. The Kier molecular flexibility index (Phi) is 5.85. The van der Waals surface area contributed by atoms with Crippen LogP contribution in [0.3, 0.4) is 0 Å². The zero-order valence-electron chi connectivity index (χ0n) is 15.5. The van der Waals surface area contributed by atoms with Crippen LogP contribution in [0.2, 0.25) is 0 Å². The van der Waals surface area contributed by atoms with Gasteiger partial charge in [-0.15, -0.1) is 0 Å². The quantitative estimate of drug-likeness (QED) is 0.340. The lowest BCUT2D eigenvalue weighted by atomic mass is 10.0. The molecule has 0 aliphatic heterocycles. The SMILES string of the molecule is C=CC(=O)Nc1ccc(C(=O)Nc2ccc(C(=O)c3ccccc3)cc2)c(N)c1. The number of benzene rings is 3. The molecule has 29 heavy (non-hydrogen) atoms. The van der Waals surface area contributed by atoms with Crippen LogP contribution in [0.15, 0.2) is 85.5 Å². The van der Waals surface area contributed by atoms with E-state index in [0.29, 0.717) is 22.5 Å². The zero-order chi connectivity index (χ0) is 20.8. The van der Waals surface area contributed by atoms with Gasteiger partial charge < -0.3 is 16.4 Å². The first-order valence-corrected chi connectivity index (χ1v) is 8.82. The fourth-order valence-corrected chi connectivity index (χ4v) is 2.70. The van der Waals surface area contributed by atoms with Crippen LogP contribution in [0.25, 0.3) is 0 Å². The fourth-order valence-electron chi connectivity index (χ4n) is 2.70. The highest BCUT2D eigenvalue weighted by Crippen LogP contribution is 2.20. The minimum absolute atomic E-state index is 0.0927. The van der Waals surface area contributed by atoms with Crippen LogP contribution in [0.5, 0.6) is 0 Å². The second kappa shape index (κ2) is 8.67. The van der Waals surface area contributed by atoms with Gasteiger partial charge in [-0.1, -0.05) is 36.9 Å². The zero-order valence-corrected chi connectivity index (χ0v) is 15.5. The molecule has 2 amide bonds. The van der Waals surface area contributed by atoms with Crippen molar-refractivity contribution in [2.75, 3.05) is 16.4 Å². The van der Waals surface area contributed by atoms with Crippen molar-refractivity contribution in [1.29, 1.82) is 0 Å². The predicted octanol–water partition coefficient (Wildman–Crippen LogP) is 3.88. The average molecular weight is 385 g/mol. The Balaban J connectivity index is 1.70. The summed E-state index contributed by atoms with van der Waals surface area (Å²) < 4.78 is 0. The summed E-state index contributed by atoms with van der Waals surface area (Å²) in [6, 6.07) is 20.2. The van der Waals surface area contributed by atoms with Crippen LogP contribution >= 0.6 is 0 Å². The summed E-state index contributed by atoms with van der Waals surface area (Å²) in [7, 11) is 0. The molecule has 4 N–H and O–H groups in total. The monoisotopic (exact) mass is 385 g/mol. The van der Waals surface area contributed by atoms with E-state index in [1.807, 2.05) is 6.07 Å². The van der Waals surface area contributed by atoms with Gasteiger partial charge in [-0.3, -0.25) is 14.4 Å². The van der Waals surface area contributed by atoms with E-state index in [1.54, 1.807) is 54.6 Å². The summed E-state index contributed by atoms with van der Waals surface area (Å²) in [6.45, 7) is 3.38. The number of nitrogens with two attached hydrogens (primary N) is 1. The number of nitrogens with one attached hydrogen (secondary N) is 2. The molecule has 0 bridgehead atoms. The van der Waals surface area contributed by atoms with Crippen molar-refractivity contribution in [2.45, 2.75) is 0 Å². The van der Waals surface area contributed by atoms with Crippen LogP contribution in [0.4, 0.5) is 17.1 Å². The van der Waals surface area contributed by atoms with Gasteiger partial charge >= 0.3 is 0 Å². The van der Waals surface area contributed by atoms with Gasteiger partial charge in [-0.05, 0) is 48.5 Å². The molecule has 3 aromatic carbocycles. The topological polar surface area (TPSA) is 101 Å². The van der Waals surface area contributed by atoms with Gasteiger partial charge in [0.2, 0.25) is 5.91 Å². The fraction of sp³-hybridized carbons (Fsp3) is 0. The maximum absolute atomic E-state index is 12.5. The Morgan fingerprint density at radius 3 is 2.03 bits per heavy atom. The van der Waals surface area contributed by atoms with Crippen LogP contribution < -0.4 is 16.4 Å². The highest BCUT2D eigenvalue weighted by Gasteiger charge is 2.12. The lowest BCUT2D eigenvalue weighted by Crippen LogP contribution is -2.15. The standard InChI is InChI=1S/C23H19N3O3/c1-2-21(27)25-18-12-13-19(20(24)14-18)23(29)26-17-10-8-16(9-11-17)22(28)15-6-4-3-5-7-15/h2-14H,1,24H2,(H,25,27)(H,26,29). The number of carbonyl (C=O) groups excluding carboxylic acids is 3. The first-order chi connectivity index (χ1) is 14.0. The number of rotatable bonds is 6. The smallest absolute Gasteiger partial charge is 0.257 e. The molecule has 0 saturated carbocycles. The van der Waals surface area contributed by atoms with Crippen LogP contribution in [0, 0.1) is 0 Å². The third kappa shape index (κ3) is 4.75. The maximum Gasteiger partial charge on any atom is 0.257 e. The van der Waals surface area contributed by atoms with Gasteiger partial charge in [0.15, 0.2) is 5.78 Å². The molecule has 0 atom stereocenters. The van der Waals surface area contributed by atoms with Crippen molar-refractivity contribution in [3.05, 3.63) is 102 Å². The van der Waals surface area contributed by atoms with Crippen molar-refractivity contribution in [1.82, 2.24) is 0 Å². The third-order valence-corrected chi connectivity index (χ3v) is 4.19. The van der Waals surface area contributed by atoms with Gasteiger partial charge in [-0.2, -0.15) is 0 Å². The van der Waals surface area contributed by atoms with E-state index in [0.717, 1.165) is 6.08 Å². The predicted molar refractivity (Wildman–Crippen MR) is 114 cm³/mol. The Hall–Kier alpha value is -4.19. The van der Waals surface area contributed by atoms with Crippen LogP contribution in [0.1, 0.15) is 26.3 Å². The average Bonchev–Trinajstić information content (AvgIpc) is 2.74. The van der Waals surface area contributed by atoms with E-state index in [2.05, 4.69) is 17.2 Å². The van der Waals surface area contributed by atoms with Crippen LogP contribution in [-0.4, -0.2) is 17.6 Å². The van der Waals surface area contributed by atoms with E-state index in [1.165, 1.54) is 12.1 Å². The minimum Gasteiger partial charge on any atom is -0.398 e. The van der Waals surface area contributed by atoms with E-state index in [-0.39, 0.29) is 22.9 Å². The summed E-state index contributed by atoms with van der Waals surface area (Å²) in [4.78, 5) is 36.3. The Morgan fingerprint density at radius 1 is 0.793 bits per heavy atom. The minimum atomic E-state index is -0.397. The van der Waals surface area contributed by atoms with Gasteiger partial charge in [0.1, 0.15) is 0 Å². The maximum atomic E-state index is 12.5. The molecular formula is C23H19N3O3. The number of anilines is 3. The number of nitrogen functional groups attached to an aromatic ring is 1. The number of hydrogen-bond acceptors (Lipinski definition) is 4. The third-order valence-electron chi connectivity index (χ3n) is 4.19. The van der Waals surface area contributed by atoms with E-state index in [4.69, 9.17) is 5.73 Å². The van der Waals surface area contributed by atoms with Crippen molar-refractivity contribution in [2.24, 2.45) is 0 Å². The Bertz CT molecular complexity index is 1070. The summed E-state index contributed by atoms with van der Waals surface area (Å²) in [5, 5.41) is 5.32. The second-order valence-corrected chi connectivity index (χ2v) is 6.22. The number of hydrogen-bond donors (Lipinski definition) is 3. The molecule has 0 aromatic heterocycles. The van der Waals surface area contributed by atoms with E-state index >= 15 is 0 Å². The summed E-state index contributed by atoms with van der Waals surface area (Å²) in [5.74, 6) is -0.858. The molecule has 0 aliphatic rings. The molecule has 0 aliphatic carbocycles. The molecule has 3 aromatic rings. The molecular weight excluding hydrogens is 366 g/mol. The van der Waals surface area contributed by atoms with Crippen molar-refractivity contribution >= 4 is 34.7 Å². The number of ketones is 1. The molecule has 0 unspecified atom stereocenters. The molecule has 144 valence electrons. The Morgan fingerprint density at radius 2 is 1.41 bits per heavy atom. The molecule has 6 nitrogen and oxygen atoms in total. The molecule has 0 heterocycles. The van der Waals surface area contributed by atoms with Gasteiger partial charge in [-0.25, -0.2) is 0 Å². The highest BCUT2D eigenvalue weighted by atomic mass is 16.2. The van der Waals surface area contributed by atoms with Crippen LogP contribution in [-0.2, 0) is 4.79 Å². The molecule has 3 rings (SSSR count). The summed E-state index contributed by atoms with van der Waals surface area (Å²) in [6.07, 6.45) is 1.14. The lowest BCUT2D eigenvalue weighted by Gasteiger charge is -2.10. The molecule has 0 saturated heterocycles. The van der Waals surface area contributed by atoms with Gasteiger partial charge in [0.25, 0.3) is 5.91 Å². The van der Waals surface area contributed by atoms with Crippen molar-refractivity contribution < 1.29 is 14.4 Å². The molecule has 0 fully saturated rings. The van der Waals surface area contributed by atoms with E-state index < -0.39 is 5.91 Å². The van der Waals surface area contributed by atoms with Gasteiger partial charge in [0.05, 0.1) is 5.56 Å². The van der Waals surface area contributed by atoms with E-state index in [9.17, 15) is 14.4 Å². The number of amides is 2.